The highest BCUT2D eigenvalue weighted by molar-refractivity contribution is 5.74. The number of hydrogen-bond donors (Lipinski definition) is 2. The zero-order valence-electron chi connectivity index (χ0n) is 15.5. The SMILES string of the molecule is Cc1cc2ncc(CN3CC(=C4C=CNCC4)C=C(F)C3C#N)cc2[nH]c1=O. The average Bonchev–Trinajstić information content (AvgIpc) is 2.69. The lowest BCUT2D eigenvalue weighted by Gasteiger charge is -2.31. The van der Waals surface area contributed by atoms with Gasteiger partial charge in [-0.1, -0.05) is 0 Å². The first kappa shape index (κ1) is 18.1. The monoisotopic (exact) mass is 377 g/mol. The Hall–Kier alpha value is -3.24. The molecule has 142 valence electrons. The smallest absolute Gasteiger partial charge is 0.251 e. The van der Waals surface area contributed by atoms with Gasteiger partial charge in [0, 0.05) is 31.4 Å². The summed E-state index contributed by atoms with van der Waals surface area (Å²) < 4.78 is 14.6. The maximum absolute atomic E-state index is 14.6. The van der Waals surface area contributed by atoms with Gasteiger partial charge in [0.1, 0.15) is 5.83 Å². The van der Waals surface area contributed by atoms with Crippen molar-refractivity contribution in [3.8, 4) is 6.07 Å². The second-order valence-corrected chi connectivity index (χ2v) is 7.11. The minimum absolute atomic E-state index is 0.155. The van der Waals surface area contributed by atoms with Crippen LogP contribution < -0.4 is 10.9 Å². The summed E-state index contributed by atoms with van der Waals surface area (Å²) in [5, 5.41) is 12.6. The number of H-pyrrole nitrogens is 1. The van der Waals surface area contributed by atoms with Crippen molar-refractivity contribution in [3.05, 3.63) is 75.1 Å². The average molecular weight is 377 g/mol. The van der Waals surface area contributed by atoms with Crippen LogP contribution in [0, 0.1) is 18.3 Å². The topological polar surface area (TPSA) is 84.8 Å². The van der Waals surface area contributed by atoms with Gasteiger partial charge < -0.3 is 10.3 Å². The van der Waals surface area contributed by atoms with E-state index in [2.05, 4.69) is 21.4 Å². The Balaban J connectivity index is 1.67. The number of rotatable bonds is 2. The van der Waals surface area contributed by atoms with Gasteiger partial charge in [-0.25, -0.2) is 4.39 Å². The fourth-order valence-corrected chi connectivity index (χ4v) is 3.61. The van der Waals surface area contributed by atoms with E-state index in [1.807, 2.05) is 18.3 Å². The molecule has 2 aromatic heterocycles. The lowest BCUT2D eigenvalue weighted by molar-refractivity contribution is 0.236. The lowest BCUT2D eigenvalue weighted by Crippen LogP contribution is -2.39. The van der Waals surface area contributed by atoms with Crippen molar-refractivity contribution in [1.29, 1.82) is 5.26 Å². The van der Waals surface area contributed by atoms with Crippen molar-refractivity contribution in [2.45, 2.75) is 25.9 Å². The first-order valence-corrected chi connectivity index (χ1v) is 9.16. The van der Waals surface area contributed by atoms with Crippen molar-refractivity contribution < 1.29 is 4.39 Å². The molecule has 0 saturated heterocycles. The summed E-state index contributed by atoms with van der Waals surface area (Å²) in [6.07, 6.45) is 7.84. The van der Waals surface area contributed by atoms with Crippen LogP contribution in [0.1, 0.15) is 17.5 Å². The van der Waals surface area contributed by atoms with Gasteiger partial charge in [-0.3, -0.25) is 14.7 Å². The van der Waals surface area contributed by atoms with Gasteiger partial charge in [0.15, 0.2) is 6.04 Å². The summed E-state index contributed by atoms with van der Waals surface area (Å²) >= 11 is 0. The molecule has 28 heavy (non-hydrogen) atoms. The predicted molar refractivity (Wildman–Crippen MR) is 105 cm³/mol. The zero-order valence-corrected chi connectivity index (χ0v) is 15.5. The number of nitrogens with one attached hydrogen (secondary N) is 2. The van der Waals surface area contributed by atoms with Gasteiger partial charge >= 0.3 is 0 Å². The largest absolute Gasteiger partial charge is 0.391 e. The Kier molecular flexibility index (Phi) is 4.80. The van der Waals surface area contributed by atoms with Crippen LogP contribution >= 0.6 is 0 Å². The number of nitriles is 1. The standard InChI is InChI=1S/C21H20FN5O/c1-13-6-18-19(26-21(13)28)7-14(10-25-18)11-27-12-16(8-17(22)20(27)9-23)15-2-4-24-5-3-15/h2,4,6-8,10,20,24H,3,5,11-12H2,1H3,(H,26,28). The van der Waals surface area contributed by atoms with Crippen LogP contribution in [0.15, 0.2) is 58.4 Å². The molecule has 0 aromatic carbocycles. The van der Waals surface area contributed by atoms with Crippen LogP contribution in [0.3, 0.4) is 0 Å². The number of fused-ring (bicyclic) bond motifs is 1. The van der Waals surface area contributed by atoms with Crippen LogP contribution in [0.5, 0.6) is 0 Å². The van der Waals surface area contributed by atoms with Gasteiger partial charge in [0.25, 0.3) is 5.56 Å². The lowest BCUT2D eigenvalue weighted by atomic mass is 9.97. The molecule has 0 amide bonds. The molecular weight excluding hydrogens is 357 g/mol. The summed E-state index contributed by atoms with van der Waals surface area (Å²) in [4.78, 5) is 20.9. The first-order valence-electron chi connectivity index (χ1n) is 9.16. The van der Waals surface area contributed by atoms with E-state index in [0.29, 0.717) is 29.7 Å². The van der Waals surface area contributed by atoms with Crippen molar-refractivity contribution in [2.75, 3.05) is 13.1 Å². The third-order valence-corrected chi connectivity index (χ3v) is 5.11. The maximum atomic E-state index is 14.6. The highest BCUT2D eigenvalue weighted by Crippen LogP contribution is 2.28. The Bertz CT molecular complexity index is 1120. The number of aromatic amines is 1. The zero-order chi connectivity index (χ0) is 19.7. The van der Waals surface area contributed by atoms with E-state index < -0.39 is 11.9 Å². The first-order chi connectivity index (χ1) is 13.5. The van der Waals surface area contributed by atoms with E-state index >= 15 is 0 Å². The highest BCUT2D eigenvalue weighted by atomic mass is 19.1. The molecule has 4 heterocycles. The van der Waals surface area contributed by atoms with Crippen LogP contribution in [-0.2, 0) is 6.54 Å². The molecule has 2 aromatic rings. The van der Waals surface area contributed by atoms with Crippen LogP contribution in [0.4, 0.5) is 4.39 Å². The van der Waals surface area contributed by atoms with Crippen LogP contribution in [0.2, 0.25) is 0 Å². The van der Waals surface area contributed by atoms with Gasteiger partial charge in [-0.15, -0.1) is 0 Å². The molecule has 0 spiro atoms. The summed E-state index contributed by atoms with van der Waals surface area (Å²) in [5.74, 6) is -0.444. The minimum atomic E-state index is -0.928. The number of aromatic nitrogens is 2. The van der Waals surface area contributed by atoms with E-state index in [9.17, 15) is 14.4 Å². The molecule has 0 radical (unpaired) electrons. The number of nitrogens with zero attached hydrogens (tertiary/aromatic N) is 3. The van der Waals surface area contributed by atoms with E-state index in [0.717, 1.165) is 29.7 Å². The third-order valence-electron chi connectivity index (χ3n) is 5.11. The molecule has 2 N–H and O–H groups in total. The molecule has 0 aliphatic carbocycles. The van der Waals surface area contributed by atoms with E-state index in [4.69, 9.17) is 0 Å². The maximum Gasteiger partial charge on any atom is 0.251 e. The highest BCUT2D eigenvalue weighted by Gasteiger charge is 2.29. The summed E-state index contributed by atoms with van der Waals surface area (Å²) in [6, 6.07) is 4.70. The Labute approximate surface area is 161 Å². The predicted octanol–water partition coefficient (Wildman–Crippen LogP) is 2.60. The molecule has 4 rings (SSSR count). The second kappa shape index (κ2) is 7.41. The van der Waals surface area contributed by atoms with Crippen LogP contribution in [0.25, 0.3) is 11.0 Å². The fourth-order valence-electron chi connectivity index (χ4n) is 3.61. The molecule has 1 atom stereocenters. The molecule has 0 saturated carbocycles. The molecular formula is C21H20FN5O. The Morgan fingerprint density at radius 3 is 3.00 bits per heavy atom. The second-order valence-electron chi connectivity index (χ2n) is 7.11. The molecule has 7 heteroatoms. The van der Waals surface area contributed by atoms with Crippen molar-refractivity contribution in [1.82, 2.24) is 20.2 Å². The quantitative estimate of drug-likeness (QED) is 0.840. The summed E-state index contributed by atoms with van der Waals surface area (Å²) in [5.41, 5.74) is 4.56. The van der Waals surface area contributed by atoms with Crippen molar-refractivity contribution in [2.24, 2.45) is 0 Å². The van der Waals surface area contributed by atoms with Crippen molar-refractivity contribution >= 4 is 11.0 Å². The molecule has 2 aliphatic heterocycles. The number of hydrogen-bond acceptors (Lipinski definition) is 5. The third kappa shape index (κ3) is 3.47. The van der Waals surface area contributed by atoms with Gasteiger partial charge in [0.2, 0.25) is 0 Å². The van der Waals surface area contributed by atoms with E-state index in [-0.39, 0.29) is 5.56 Å². The Morgan fingerprint density at radius 2 is 2.25 bits per heavy atom. The normalized spacial score (nSPS) is 22.6. The number of aryl methyl sites for hydroxylation is 1. The fraction of sp³-hybridized carbons (Fsp3) is 0.286. The Morgan fingerprint density at radius 1 is 1.39 bits per heavy atom. The van der Waals surface area contributed by atoms with E-state index in [1.54, 1.807) is 24.1 Å². The molecule has 0 fully saturated rings. The minimum Gasteiger partial charge on any atom is -0.391 e. The summed E-state index contributed by atoms with van der Waals surface area (Å²) in [6.45, 7) is 3.39. The number of pyridine rings is 2. The van der Waals surface area contributed by atoms with E-state index in [1.165, 1.54) is 6.08 Å². The van der Waals surface area contributed by atoms with Crippen molar-refractivity contribution in [3.63, 3.8) is 0 Å². The number of allylic oxidation sites excluding steroid dienone is 1. The van der Waals surface area contributed by atoms with Crippen LogP contribution in [-0.4, -0.2) is 34.0 Å². The van der Waals surface area contributed by atoms with Gasteiger partial charge in [-0.05, 0) is 60.5 Å². The molecule has 6 nitrogen and oxygen atoms in total. The molecule has 1 unspecified atom stereocenters. The van der Waals surface area contributed by atoms with Gasteiger partial charge in [-0.2, -0.15) is 5.26 Å². The van der Waals surface area contributed by atoms with Gasteiger partial charge in [0.05, 0.1) is 17.1 Å². The summed E-state index contributed by atoms with van der Waals surface area (Å²) in [7, 11) is 0. The number of halogens is 1. The molecule has 2 aliphatic rings. The molecule has 0 bridgehead atoms.